The molecule has 1 N–H and O–H groups in total. The highest BCUT2D eigenvalue weighted by Crippen LogP contribution is 2.22. The first-order valence-corrected chi connectivity index (χ1v) is 6.69. The average Bonchev–Trinajstić information content (AvgIpc) is 2.29. The Morgan fingerprint density at radius 1 is 1.35 bits per heavy atom. The van der Waals surface area contributed by atoms with E-state index in [2.05, 4.69) is 50.9 Å². The van der Waals surface area contributed by atoms with Crippen LogP contribution < -0.4 is 5.32 Å². The molecule has 1 unspecified atom stereocenters. The third-order valence-corrected chi connectivity index (χ3v) is 3.51. The molecule has 3 nitrogen and oxygen atoms in total. The Balaban J connectivity index is 2.77. The molecular formula is C14H28N2O. The lowest BCUT2D eigenvalue weighted by atomic mass is 9.90. The van der Waals surface area contributed by atoms with Gasteiger partial charge in [0, 0.05) is 24.7 Å². The summed E-state index contributed by atoms with van der Waals surface area (Å²) in [7, 11) is 0. The third kappa shape index (κ3) is 4.09. The molecule has 0 aromatic rings. The topological polar surface area (TPSA) is 24.5 Å². The summed E-state index contributed by atoms with van der Waals surface area (Å²) in [4.78, 5) is 2.53. The quantitative estimate of drug-likeness (QED) is 0.744. The lowest BCUT2D eigenvalue weighted by Crippen LogP contribution is -2.59. The van der Waals surface area contributed by atoms with E-state index in [0.717, 1.165) is 32.8 Å². The summed E-state index contributed by atoms with van der Waals surface area (Å²) in [6.45, 7) is 15.9. The van der Waals surface area contributed by atoms with Crippen LogP contribution in [0.2, 0.25) is 0 Å². The van der Waals surface area contributed by atoms with Crippen molar-refractivity contribution in [3.05, 3.63) is 11.6 Å². The van der Waals surface area contributed by atoms with Gasteiger partial charge in [-0.25, -0.2) is 0 Å². The Morgan fingerprint density at radius 3 is 2.41 bits per heavy atom. The highest BCUT2D eigenvalue weighted by atomic mass is 16.5. The maximum Gasteiger partial charge on any atom is 0.0594 e. The van der Waals surface area contributed by atoms with Crippen molar-refractivity contribution in [3.63, 3.8) is 0 Å². The zero-order valence-electron chi connectivity index (χ0n) is 12.0. The van der Waals surface area contributed by atoms with E-state index >= 15 is 0 Å². The highest BCUT2D eigenvalue weighted by molar-refractivity contribution is 5.10. The fourth-order valence-electron chi connectivity index (χ4n) is 2.40. The molecule has 3 heteroatoms. The van der Waals surface area contributed by atoms with Crippen molar-refractivity contribution in [2.45, 2.75) is 46.2 Å². The van der Waals surface area contributed by atoms with Gasteiger partial charge >= 0.3 is 0 Å². The van der Waals surface area contributed by atoms with Crippen LogP contribution in [0.15, 0.2) is 11.6 Å². The molecule has 1 heterocycles. The Kier molecular flexibility index (Phi) is 5.63. The zero-order chi connectivity index (χ0) is 12.9. The fraction of sp³-hybridized carbons (Fsp3) is 0.857. The van der Waals surface area contributed by atoms with Crippen LogP contribution in [0.3, 0.4) is 0 Å². The zero-order valence-corrected chi connectivity index (χ0v) is 12.0. The van der Waals surface area contributed by atoms with E-state index in [1.807, 2.05) is 0 Å². The number of likely N-dealkylation sites (N-methyl/N-ethyl adjacent to an activating group) is 1. The summed E-state index contributed by atoms with van der Waals surface area (Å²) in [5.74, 6) is 0. The van der Waals surface area contributed by atoms with Crippen molar-refractivity contribution in [2.24, 2.45) is 0 Å². The summed E-state index contributed by atoms with van der Waals surface area (Å²) in [6.07, 6.45) is 2.35. The number of hydrogen-bond donors (Lipinski definition) is 1. The molecule has 100 valence electrons. The van der Waals surface area contributed by atoms with Crippen molar-refractivity contribution in [2.75, 3.05) is 32.8 Å². The molecule has 0 aromatic heterocycles. The van der Waals surface area contributed by atoms with Crippen LogP contribution in [0, 0.1) is 0 Å². The van der Waals surface area contributed by atoms with Gasteiger partial charge in [0.25, 0.3) is 0 Å². The maximum absolute atomic E-state index is 5.44. The monoisotopic (exact) mass is 240 g/mol. The van der Waals surface area contributed by atoms with Gasteiger partial charge in [-0.2, -0.15) is 0 Å². The van der Waals surface area contributed by atoms with Crippen LogP contribution in [0.5, 0.6) is 0 Å². The second kappa shape index (κ2) is 6.53. The van der Waals surface area contributed by atoms with Gasteiger partial charge in [-0.05, 0) is 34.2 Å². The molecule has 1 aliphatic heterocycles. The number of rotatable bonds is 5. The van der Waals surface area contributed by atoms with Crippen molar-refractivity contribution in [1.82, 2.24) is 10.2 Å². The summed E-state index contributed by atoms with van der Waals surface area (Å²) >= 11 is 0. The van der Waals surface area contributed by atoms with Crippen LogP contribution >= 0.6 is 0 Å². The maximum atomic E-state index is 5.44. The predicted octanol–water partition coefficient (Wildman–Crippen LogP) is 2.04. The summed E-state index contributed by atoms with van der Waals surface area (Å²) in [5, 5.41) is 3.59. The molecule has 1 fully saturated rings. The second-order valence-corrected chi connectivity index (χ2v) is 5.53. The van der Waals surface area contributed by atoms with E-state index in [4.69, 9.17) is 4.74 Å². The lowest BCUT2D eigenvalue weighted by Gasteiger charge is -2.45. The van der Waals surface area contributed by atoms with Gasteiger partial charge in [-0.1, -0.05) is 18.6 Å². The van der Waals surface area contributed by atoms with Crippen molar-refractivity contribution in [1.29, 1.82) is 0 Å². The van der Waals surface area contributed by atoms with Crippen LogP contribution in [0.1, 0.15) is 34.6 Å². The Bertz CT molecular complexity index is 251. The van der Waals surface area contributed by atoms with Gasteiger partial charge in [0.2, 0.25) is 0 Å². The molecule has 0 saturated carbocycles. The first-order valence-electron chi connectivity index (χ1n) is 6.69. The summed E-state index contributed by atoms with van der Waals surface area (Å²) < 4.78 is 5.44. The van der Waals surface area contributed by atoms with Crippen LogP contribution in [-0.2, 0) is 4.74 Å². The smallest absolute Gasteiger partial charge is 0.0594 e. The molecule has 0 spiro atoms. The van der Waals surface area contributed by atoms with Gasteiger partial charge < -0.3 is 10.1 Å². The van der Waals surface area contributed by atoms with Gasteiger partial charge in [0.15, 0.2) is 0 Å². The van der Waals surface area contributed by atoms with E-state index in [0.29, 0.717) is 6.04 Å². The number of morpholine rings is 1. The lowest BCUT2D eigenvalue weighted by molar-refractivity contribution is -0.0175. The molecule has 0 aliphatic carbocycles. The minimum atomic E-state index is 0.136. The van der Waals surface area contributed by atoms with E-state index in [1.54, 1.807) is 0 Å². The number of hydrogen-bond acceptors (Lipinski definition) is 3. The number of ether oxygens (including phenoxy) is 1. The second-order valence-electron chi connectivity index (χ2n) is 5.53. The first-order chi connectivity index (χ1) is 7.98. The van der Waals surface area contributed by atoms with Crippen LogP contribution in [-0.4, -0.2) is 49.3 Å². The molecule has 1 rings (SSSR count). The van der Waals surface area contributed by atoms with Gasteiger partial charge in [0.05, 0.1) is 13.2 Å². The minimum Gasteiger partial charge on any atom is -0.379 e. The molecule has 1 saturated heterocycles. The van der Waals surface area contributed by atoms with Crippen LogP contribution in [0.4, 0.5) is 0 Å². The Hall–Kier alpha value is -0.380. The molecule has 0 bridgehead atoms. The highest BCUT2D eigenvalue weighted by Gasteiger charge is 2.34. The molecule has 0 amide bonds. The van der Waals surface area contributed by atoms with Crippen molar-refractivity contribution < 1.29 is 4.74 Å². The standard InChI is InChI=1S/C14H28N2O/c1-6-15-13(11-12(2)3)14(4,5)16-7-9-17-10-8-16/h11,13,15H,6-10H2,1-5H3. The molecule has 1 aliphatic rings. The normalized spacial score (nSPS) is 20.1. The average molecular weight is 240 g/mol. The van der Waals surface area contributed by atoms with Crippen molar-refractivity contribution >= 4 is 0 Å². The molecule has 0 aromatic carbocycles. The Labute approximate surface area is 106 Å². The fourth-order valence-corrected chi connectivity index (χ4v) is 2.40. The molecule has 17 heavy (non-hydrogen) atoms. The van der Waals surface area contributed by atoms with E-state index < -0.39 is 0 Å². The number of nitrogens with one attached hydrogen (secondary N) is 1. The molecule has 0 radical (unpaired) electrons. The van der Waals surface area contributed by atoms with Gasteiger partial charge in [-0.15, -0.1) is 0 Å². The number of nitrogens with zero attached hydrogens (tertiary/aromatic N) is 1. The first kappa shape index (κ1) is 14.7. The third-order valence-electron chi connectivity index (χ3n) is 3.51. The SMILES string of the molecule is CCNC(C=C(C)C)C(C)(C)N1CCOCC1. The molecule has 1 atom stereocenters. The summed E-state index contributed by atoms with van der Waals surface area (Å²) in [6, 6.07) is 0.399. The van der Waals surface area contributed by atoms with Gasteiger partial charge in [0.1, 0.15) is 0 Å². The van der Waals surface area contributed by atoms with Gasteiger partial charge in [-0.3, -0.25) is 4.90 Å². The van der Waals surface area contributed by atoms with E-state index in [1.165, 1.54) is 5.57 Å². The van der Waals surface area contributed by atoms with Crippen molar-refractivity contribution in [3.8, 4) is 0 Å². The molecular weight excluding hydrogens is 212 g/mol. The Morgan fingerprint density at radius 2 is 1.94 bits per heavy atom. The predicted molar refractivity (Wildman–Crippen MR) is 73.4 cm³/mol. The number of allylic oxidation sites excluding steroid dienone is 1. The van der Waals surface area contributed by atoms with E-state index in [-0.39, 0.29) is 5.54 Å². The van der Waals surface area contributed by atoms with E-state index in [9.17, 15) is 0 Å². The summed E-state index contributed by atoms with van der Waals surface area (Å²) in [5.41, 5.74) is 1.51. The minimum absolute atomic E-state index is 0.136. The largest absolute Gasteiger partial charge is 0.379 e. The van der Waals surface area contributed by atoms with Crippen LogP contribution in [0.25, 0.3) is 0 Å².